The van der Waals surface area contributed by atoms with Crippen LogP contribution in [0, 0.1) is 11.8 Å². The quantitative estimate of drug-likeness (QED) is 0.179. The minimum absolute atomic E-state index is 0.110. The zero-order valence-electron chi connectivity index (χ0n) is 31.1. The number of aromatic amines is 1. The van der Waals surface area contributed by atoms with Crippen LogP contribution in [0.4, 0.5) is 17.2 Å². The highest BCUT2D eigenvalue weighted by atomic mass is 16.2. The van der Waals surface area contributed by atoms with Crippen LogP contribution in [0.5, 0.6) is 0 Å². The topological polar surface area (TPSA) is 164 Å². The van der Waals surface area contributed by atoms with E-state index in [-0.39, 0.29) is 18.7 Å². The normalized spacial score (nSPS) is 22.2. The van der Waals surface area contributed by atoms with Crippen LogP contribution in [0.3, 0.4) is 0 Å². The third kappa shape index (κ3) is 7.04. The second-order valence-electron chi connectivity index (χ2n) is 15.9. The Bertz CT molecular complexity index is 2130. The molecule has 2 aromatic carbocycles. The minimum Gasteiger partial charge on any atom is -0.399 e. The molecule has 1 atom stereocenters. The molecule has 4 amide bonds. The molecule has 55 heavy (non-hydrogen) atoms. The van der Waals surface area contributed by atoms with E-state index in [1.165, 1.54) is 12.8 Å². The number of anilines is 3. The first kappa shape index (κ1) is 35.4. The van der Waals surface area contributed by atoms with Gasteiger partial charge in [0.05, 0.1) is 16.6 Å². The van der Waals surface area contributed by atoms with E-state index in [9.17, 15) is 19.2 Å². The smallest absolute Gasteiger partial charge is 0.262 e. The number of H-pyrrole nitrogens is 1. The first-order valence-corrected chi connectivity index (χ1v) is 19.8. The highest BCUT2D eigenvalue weighted by molar-refractivity contribution is 6.23. The number of nitrogen functional groups attached to an aromatic ring is 1. The summed E-state index contributed by atoms with van der Waals surface area (Å²) in [4.78, 5) is 66.2. The summed E-state index contributed by atoms with van der Waals surface area (Å²) in [6.45, 7) is 10.4. The number of piperazine rings is 1. The molecule has 4 aromatic rings. The lowest BCUT2D eigenvalue weighted by Crippen LogP contribution is -2.54. The number of hydrogen-bond acceptors (Lipinski definition) is 11. The van der Waals surface area contributed by atoms with Gasteiger partial charge in [-0.25, -0.2) is 4.98 Å². The first-order valence-electron chi connectivity index (χ1n) is 19.8. The van der Waals surface area contributed by atoms with Crippen molar-refractivity contribution >= 4 is 51.7 Å². The highest BCUT2D eigenvalue weighted by Gasteiger charge is 2.45. The molecule has 4 saturated heterocycles. The highest BCUT2D eigenvalue weighted by Crippen LogP contribution is 2.33. The van der Waals surface area contributed by atoms with E-state index in [2.05, 4.69) is 41.2 Å². The number of carbonyl (C=O) groups excluding carboxylic acids is 4. The van der Waals surface area contributed by atoms with E-state index in [1.54, 1.807) is 6.07 Å². The first-order chi connectivity index (χ1) is 26.8. The fraction of sp³-hybridized carbons (Fsp3) is 0.463. The molecule has 286 valence electrons. The van der Waals surface area contributed by atoms with Crippen molar-refractivity contribution in [3.63, 3.8) is 0 Å². The Hall–Kier alpha value is -5.34. The van der Waals surface area contributed by atoms with Crippen LogP contribution in [0.15, 0.2) is 54.7 Å². The standard InChI is InChI=1S/C41H48N10O4/c42-29-1-4-34-33(22-29)38(46-45-34)28-7-12-43-36(21-28)50-19-17-48(18-20-50)25-26-8-13-47(14-9-26)24-27-10-15-49(16-11-27)30-2-3-31-32(23-30)41(55)51(40(31)54)35-5-6-37(52)44-39(35)53/h1-4,7,12,21-23,26-27,35H,5-6,8-11,13-20,24-25,42H2,(H,45,46)(H,44,52,53). The summed E-state index contributed by atoms with van der Waals surface area (Å²) in [6.07, 6.45) is 6.79. The van der Waals surface area contributed by atoms with E-state index < -0.39 is 23.8 Å². The second-order valence-corrected chi connectivity index (χ2v) is 15.9. The van der Waals surface area contributed by atoms with Crippen molar-refractivity contribution in [1.82, 2.24) is 35.2 Å². The molecule has 5 aliphatic rings. The van der Waals surface area contributed by atoms with Crippen LogP contribution < -0.4 is 20.9 Å². The Balaban J connectivity index is 0.713. The van der Waals surface area contributed by atoms with Gasteiger partial charge in [-0.2, -0.15) is 5.10 Å². The van der Waals surface area contributed by atoms with Crippen LogP contribution >= 0.6 is 0 Å². The average Bonchev–Trinajstić information content (AvgIpc) is 3.73. The van der Waals surface area contributed by atoms with Gasteiger partial charge >= 0.3 is 0 Å². The Morgan fingerprint density at radius 2 is 1.42 bits per heavy atom. The number of pyridine rings is 1. The number of nitrogens with one attached hydrogen (secondary N) is 2. The fourth-order valence-corrected chi connectivity index (χ4v) is 9.26. The summed E-state index contributed by atoms with van der Waals surface area (Å²) in [5.74, 6) is 0.477. The number of carbonyl (C=O) groups is 4. The van der Waals surface area contributed by atoms with Crippen LogP contribution in [-0.4, -0.2) is 125 Å². The van der Waals surface area contributed by atoms with Crippen molar-refractivity contribution in [2.45, 2.75) is 44.6 Å². The number of likely N-dealkylation sites (tertiary alicyclic amines) is 1. The molecule has 0 bridgehead atoms. The van der Waals surface area contributed by atoms with Crippen molar-refractivity contribution in [1.29, 1.82) is 0 Å². The molecule has 14 nitrogen and oxygen atoms in total. The summed E-state index contributed by atoms with van der Waals surface area (Å²) in [7, 11) is 0. The van der Waals surface area contributed by atoms with Crippen molar-refractivity contribution in [3.05, 3.63) is 65.9 Å². The van der Waals surface area contributed by atoms with Crippen molar-refractivity contribution < 1.29 is 19.2 Å². The van der Waals surface area contributed by atoms with Gasteiger partial charge in [0.2, 0.25) is 11.8 Å². The Morgan fingerprint density at radius 3 is 2.16 bits per heavy atom. The molecule has 14 heteroatoms. The lowest BCUT2D eigenvalue weighted by Gasteiger charge is -2.41. The van der Waals surface area contributed by atoms with Gasteiger partial charge in [-0.05, 0) is 106 Å². The summed E-state index contributed by atoms with van der Waals surface area (Å²) >= 11 is 0. The van der Waals surface area contributed by atoms with Gasteiger partial charge in [-0.1, -0.05) is 0 Å². The van der Waals surface area contributed by atoms with E-state index in [1.807, 2.05) is 42.6 Å². The summed E-state index contributed by atoms with van der Waals surface area (Å²) in [5, 5.41) is 11.0. The lowest BCUT2D eigenvalue weighted by molar-refractivity contribution is -0.136. The summed E-state index contributed by atoms with van der Waals surface area (Å²) < 4.78 is 0. The number of fused-ring (bicyclic) bond motifs is 2. The molecule has 7 heterocycles. The molecule has 4 N–H and O–H groups in total. The zero-order chi connectivity index (χ0) is 37.6. The largest absolute Gasteiger partial charge is 0.399 e. The van der Waals surface area contributed by atoms with Gasteiger partial charge in [0.1, 0.15) is 17.6 Å². The number of rotatable bonds is 8. The minimum atomic E-state index is -0.949. The summed E-state index contributed by atoms with van der Waals surface area (Å²) in [6, 6.07) is 14.5. The van der Waals surface area contributed by atoms with E-state index in [0.717, 1.165) is 128 Å². The maximum absolute atomic E-state index is 13.3. The molecular weight excluding hydrogens is 697 g/mol. The van der Waals surface area contributed by atoms with Crippen molar-refractivity contribution in [3.8, 4) is 11.3 Å². The van der Waals surface area contributed by atoms with E-state index in [4.69, 9.17) is 10.7 Å². The third-order valence-electron chi connectivity index (χ3n) is 12.4. The number of nitrogens with zero attached hydrogens (tertiary/aromatic N) is 7. The molecule has 0 radical (unpaired) electrons. The second kappa shape index (κ2) is 14.7. The predicted octanol–water partition coefficient (Wildman–Crippen LogP) is 3.36. The van der Waals surface area contributed by atoms with Crippen LogP contribution in [0.25, 0.3) is 22.2 Å². The van der Waals surface area contributed by atoms with Crippen molar-refractivity contribution in [2.24, 2.45) is 11.8 Å². The number of nitrogens with two attached hydrogens (primary N) is 1. The lowest BCUT2D eigenvalue weighted by atomic mass is 9.92. The number of aromatic nitrogens is 3. The number of benzene rings is 2. The van der Waals surface area contributed by atoms with Gasteiger partial charge in [-0.15, -0.1) is 0 Å². The molecule has 0 spiro atoms. The predicted molar refractivity (Wildman–Crippen MR) is 210 cm³/mol. The maximum atomic E-state index is 13.3. The molecular formula is C41H48N10O4. The number of amides is 4. The van der Waals surface area contributed by atoms with Crippen LogP contribution in [-0.2, 0) is 9.59 Å². The maximum Gasteiger partial charge on any atom is 0.262 e. The summed E-state index contributed by atoms with van der Waals surface area (Å²) in [5.41, 5.74) is 11.3. The van der Waals surface area contributed by atoms with Crippen LogP contribution in [0.2, 0.25) is 0 Å². The van der Waals surface area contributed by atoms with Gasteiger partial charge in [-0.3, -0.25) is 39.4 Å². The monoisotopic (exact) mass is 744 g/mol. The molecule has 1 unspecified atom stereocenters. The zero-order valence-corrected chi connectivity index (χ0v) is 31.1. The number of piperidine rings is 3. The Labute approximate surface area is 320 Å². The Morgan fingerprint density at radius 1 is 0.709 bits per heavy atom. The van der Waals surface area contributed by atoms with E-state index in [0.29, 0.717) is 17.0 Å². The molecule has 9 rings (SSSR count). The number of imide groups is 2. The van der Waals surface area contributed by atoms with E-state index >= 15 is 0 Å². The molecule has 2 aromatic heterocycles. The fourth-order valence-electron chi connectivity index (χ4n) is 9.26. The molecule has 5 aliphatic heterocycles. The third-order valence-corrected chi connectivity index (χ3v) is 12.4. The number of hydrogen-bond donors (Lipinski definition) is 3. The van der Waals surface area contributed by atoms with Crippen LogP contribution in [0.1, 0.15) is 59.2 Å². The molecule has 0 saturated carbocycles. The molecule has 4 fully saturated rings. The SMILES string of the molecule is Nc1ccc2[nH]nc(-c3ccnc(N4CCN(CC5CCN(CC6CCN(c7ccc8c(c7)C(=O)N(C7CCC(=O)NC7=O)C8=O)CC6)CC5)CC4)c3)c2c1. The Kier molecular flexibility index (Phi) is 9.46. The van der Waals surface area contributed by atoms with Gasteiger partial charge < -0.3 is 20.4 Å². The molecule has 0 aliphatic carbocycles. The van der Waals surface area contributed by atoms with Gasteiger partial charge in [0.25, 0.3) is 11.8 Å². The van der Waals surface area contributed by atoms with Crippen molar-refractivity contribution in [2.75, 3.05) is 81.0 Å². The van der Waals surface area contributed by atoms with Gasteiger partial charge in [0, 0.05) is 87.3 Å². The average molecular weight is 745 g/mol. The van der Waals surface area contributed by atoms with Gasteiger partial charge in [0.15, 0.2) is 0 Å².